The quantitative estimate of drug-likeness (QED) is 0.721. The topological polar surface area (TPSA) is 88.5 Å². The number of carbonyl (C=O) groups is 2. The lowest BCUT2D eigenvalue weighted by Crippen LogP contribution is -2.41. The average Bonchev–Trinajstić information content (AvgIpc) is 2.34. The van der Waals surface area contributed by atoms with E-state index in [4.69, 9.17) is 9.84 Å². The molecule has 0 saturated carbocycles. The first-order valence-corrected chi connectivity index (χ1v) is 5.18. The van der Waals surface area contributed by atoms with Crippen molar-refractivity contribution in [1.29, 1.82) is 0 Å². The monoisotopic (exact) mass is 256 g/mol. The molecule has 0 aromatic carbocycles. The van der Waals surface area contributed by atoms with Crippen molar-refractivity contribution < 1.29 is 23.8 Å². The van der Waals surface area contributed by atoms with Crippen LogP contribution in [0, 0.1) is 5.95 Å². The van der Waals surface area contributed by atoms with Gasteiger partial charge < -0.3 is 15.2 Å². The lowest BCUT2D eigenvalue weighted by atomic mass is 10.2. The van der Waals surface area contributed by atoms with Gasteiger partial charge in [0.15, 0.2) is 0 Å². The zero-order valence-electron chi connectivity index (χ0n) is 9.72. The molecule has 7 heteroatoms. The summed E-state index contributed by atoms with van der Waals surface area (Å²) >= 11 is 0. The summed E-state index contributed by atoms with van der Waals surface area (Å²) in [6.45, 7) is 0.207. The van der Waals surface area contributed by atoms with E-state index in [0.29, 0.717) is 0 Å². The second kappa shape index (κ2) is 6.65. The molecule has 0 aliphatic rings. The van der Waals surface area contributed by atoms with Gasteiger partial charge in [-0.3, -0.25) is 4.79 Å². The highest BCUT2D eigenvalue weighted by atomic mass is 19.1. The molecule has 1 rings (SSSR count). The predicted molar refractivity (Wildman–Crippen MR) is 59.6 cm³/mol. The SMILES string of the molecule is COCCC(NC(=O)c1ccc(F)nc1)C(=O)O. The molecule has 0 saturated heterocycles. The van der Waals surface area contributed by atoms with E-state index in [-0.39, 0.29) is 18.6 Å². The summed E-state index contributed by atoms with van der Waals surface area (Å²) in [5, 5.41) is 11.2. The summed E-state index contributed by atoms with van der Waals surface area (Å²) in [6, 6.07) is 1.20. The van der Waals surface area contributed by atoms with E-state index in [2.05, 4.69) is 10.3 Å². The van der Waals surface area contributed by atoms with Crippen LogP contribution in [0.5, 0.6) is 0 Å². The Balaban J connectivity index is 2.66. The smallest absolute Gasteiger partial charge is 0.326 e. The molecule has 0 bridgehead atoms. The fourth-order valence-electron chi connectivity index (χ4n) is 1.24. The van der Waals surface area contributed by atoms with Crippen molar-refractivity contribution in [2.45, 2.75) is 12.5 Å². The molecule has 1 aromatic heterocycles. The number of nitrogens with zero attached hydrogens (tertiary/aromatic N) is 1. The molecule has 0 spiro atoms. The van der Waals surface area contributed by atoms with Gasteiger partial charge in [-0.2, -0.15) is 4.39 Å². The number of ether oxygens (including phenoxy) is 1. The lowest BCUT2D eigenvalue weighted by Gasteiger charge is -2.13. The van der Waals surface area contributed by atoms with Gasteiger partial charge in [-0.25, -0.2) is 9.78 Å². The fraction of sp³-hybridized carbons (Fsp3) is 0.364. The molecule has 0 fully saturated rings. The van der Waals surface area contributed by atoms with Gasteiger partial charge >= 0.3 is 5.97 Å². The van der Waals surface area contributed by atoms with E-state index in [1.165, 1.54) is 13.2 Å². The molecule has 1 heterocycles. The van der Waals surface area contributed by atoms with E-state index in [1.807, 2.05) is 0 Å². The Kier molecular flexibility index (Phi) is 5.19. The van der Waals surface area contributed by atoms with Crippen LogP contribution in [0.2, 0.25) is 0 Å². The van der Waals surface area contributed by atoms with Crippen molar-refractivity contribution in [3.8, 4) is 0 Å². The number of aliphatic carboxylic acids is 1. The molecular weight excluding hydrogens is 243 g/mol. The maximum atomic E-state index is 12.6. The van der Waals surface area contributed by atoms with Gasteiger partial charge in [0.2, 0.25) is 5.95 Å². The highest BCUT2D eigenvalue weighted by molar-refractivity contribution is 5.96. The molecule has 2 N–H and O–H groups in total. The second-order valence-corrected chi connectivity index (χ2v) is 3.52. The Hall–Kier alpha value is -2.02. The molecule has 0 radical (unpaired) electrons. The van der Waals surface area contributed by atoms with Crippen molar-refractivity contribution in [3.05, 3.63) is 29.8 Å². The Morgan fingerprint density at radius 1 is 1.56 bits per heavy atom. The van der Waals surface area contributed by atoms with Crippen LogP contribution in [0.3, 0.4) is 0 Å². The molecule has 1 unspecified atom stereocenters. The van der Waals surface area contributed by atoms with Crippen LogP contribution in [-0.2, 0) is 9.53 Å². The van der Waals surface area contributed by atoms with Gasteiger partial charge in [-0.1, -0.05) is 0 Å². The number of amides is 1. The molecule has 0 aliphatic heterocycles. The minimum absolute atomic E-state index is 0.0973. The molecule has 18 heavy (non-hydrogen) atoms. The number of carboxylic acid groups (broad SMARTS) is 1. The van der Waals surface area contributed by atoms with E-state index in [9.17, 15) is 14.0 Å². The van der Waals surface area contributed by atoms with Crippen LogP contribution >= 0.6 is 0 Å². The van der Waals surface area contributed by atoms with Crippen molar-refractivity contribution >= 4 is 11.9 Å². The Bertz CT molecular complexity index is 422. The van der Waals surface area contributed by atoms with Crippen molar-refractivity contribution in [2.24, 2.45) is 0 Å². The average molecular weight is 256 g/mol. The van der Waals surface area contributed by atoms with Gasteiger partial charge in [0.1, 0.15) is 6.04 Å². The van der Waals surface area contributed by atoms with Crippen LogP contribution in [0.25, 0.3) is 0 Å². The molecule has 98 valence electrons. The van der Waals surface area contributed by atoms with E-state index in [1.54, 1.807) is 0 Å². The normalized spacial score (nSPS) is 11.9. The first kappa shape index (κ1) is 14.0. The predicted octanol–water partition coefficient (Wildman–Crippen LogP) is 0.440. The number of pyridine rings is 1. The summed E-state index contributed by atoms with van der Waals surface area (Å²) in [7, 11) is 1.44. The third-order valence-corrected chi connectivity index (χ3v) is 2.20. The van der Waals surface area contributed by atoms with Crippen molar-refractivity contribution in [2.75, 3.05) is 13.7 Å². The Morgan fingerprint density at radius 2 is 2.28 bits per heavy atom. The maximum Gasteiger partial charge on any atom is 0.326 e. The summed E-state index contributed by atoms with van der Waals surface area (Å²) in [6.07, 6.45) is 1.19. The van der Waals surface area contributed by atoms with Crippen LogP contribution in [0.1, 0.15) is 16.8 Å². The minimum atomic E-state index is -1.16. The number of hydrogen-bond donors (Lipinski definition) is 2. The summed E-state index contributed by atoms with van der Waals surface area (Å²) in [4.78, 5) is 25.9. The lowest BCUT2D eigenvalue weighted by molar-refractivity contribution is -0.139. The Labute approximate surface area is 103 Å². The van der Waals surface area contributed by atoms with Crippen LogP contribution in [0.4, 0.5) is 4.39 Å². The first-order chi connectivity index (χ1) is 8.54. The second-order valence-electron chi connectivity index (χ2n) is 3.52. The Morgan fingerprint density at radius 3 is 2.78 bits per heavy atom. The van der Waals surface area contributed by atoms with E-state index >= 15 is 0 Å². The van der Waals surface area contributed by atoms with Crippen LogP contribution < -0.4 is 5.32 Å². The summed E-state index contributed by atoms with van der Waals surface area (Å²) in [5.41, 5.74) is 0.0973. The highest BCUT2D eigenvalue weighted by Gasteiger charge is 2.20. The van der Waals surface area contributed by atoms with E-state index in [0.717, 1.165) is 12.3 Å². The molecule has 1 amide bonds. The zero-order chi connectivity index (χ0) is 13.5. The molecular formula is C11H13FN2O4. The van der Waals surface area contributed by atoms with Crippen molar-refractivity contribution in [3.63, 3.8) is 0 Å². The van der Waals surface area contributed by atoms with E-state index < -0.39 is 23.9 Å². The number of aromatic nitrogens is 1. The van der Waals surface area contributed by atoms with Crippen LogP contribution in [-0.4, -0.2) is 41.7 Å². The number of carboxylic acids is 1. The molecule has 0 aliphatic carbocycles. The summed E-state index contributed by atoms with van der Waals surface area (Å²) in [5.74, 6) is -2.48. The number of rotatable bonds is 6. The first-order valence-electron chi connectivity index (χ1n) is 5.18. The van der Waals surface area contributed by atoms with Gasteiger partial charge in [0.05, 0.1) is 5.56 Å². The number of carbonyl (C=O) groups excluding carboxylic acids is 1. The third-order valence-electron chi connectivity index (χ3n) is 2.20. The van der Waals surface area contributed by atoms with Gasteiger partial charge in [0, 0.05) is 26.3 Å². The number of hydrogen-bond acceptors (Lipinski definition) is 4. The fourth-order valence-corrected chi connectivity index (χ4v) is 1.24. The minimum Gasteiger partial charge on any atom is -0.480 e. The highest BCUT2D eigenvalue weighted by Crippen LogP contribution is 2.01. The van der Waals surface area contributed by atoms with Gasteiger partial charge in [-0.05, 0) is 12.1 Å². The van der Waals surface area contributed by atoms with Gasteiger partial charge in [0.25, 0.3) is 5.91 Å². The summed E-state index contributed by atoms with van der Waals surface area (Å²) < 4.78 is 17.3. The number of methoxy groups -OCH3 is 1. The number of halogens is 1. The van der Waals surface area contributed by atoms with Crippen molar-refractivity contribution in [1.82, 2.24) is 10.3 Å². The zero-order valence-corrected chi connectivity index (χ0v) is 9.72. The molecule has 1 atom stereocenters. The largest absolute Gasteiger partial charge is 0.480 e. The van der Waals surface area contributed by atoms with Crippen LogP contribution in [0.15, 0.2) is 18.3 Å². The number of nitrogens with one attached hydrogen (secondary N) is 1. The standard InChI is InChI=1S/C11H13FN2O4/c1-18-5-4-8(11(16)17)14-10(15)7-2-3-9(12)13-6-7/h2-3,6,8H,4-5H2,1H3,(H,14,15)(H,16,17). The van der Waals surface area contributed by atoms with Gasteiger partial charge in [-0.15, -0.1) is 0 Å². The molecule has 6 nitrogen and oxygen atoms in total. The molecule has 1 aromatic rings. The maximum absolute atomic E-state index is 12.6. The third kappa shape index (κ3) is 4.10.